The summed E-state index contributed by atoms with van der Waals surface area (Å²) in [5, 5.41) is 17.0. The second-order valence-electron chi connectivity index (χ2n) is 10.3. The van der Waals surface area contributed by atoms with E-state index in [1.165, 1.54) is 19.3 Å². The van der Waals surface area contributed by atoms with Crippen molar-refractivity contribution < 1.29 is 19.4 Å². The number of fused-ring (bicyclic) bond motifs is 1. The molecule has 1 saturated carbocycles. The van der Waals surface area contributed by atoms with Crippen molar-refractivity contribution >= 4 is 29.1 Å². The van der Waals surface area contributed by atoms with Crippen LogP contribution in [-0.4, -0.2) is 54.1 Å². The molecule has 0 spiro atoms. The smallest absolute Gasteiger partial charge is 0.262 e. The van der Waals surface area contributed by atoms with Crippen LogP contribution in [0.15, 0.2) is 36.4 Å². The molecule has 2 amide bonds. The third-order valence-corrected chi connectivity index (χ3v) is 7.92. The lowest BCUT2D eigenvalue weighted by atomic mass is 9.93. The third-order valence-electron chi connectivity index (χ3n) is 7.55. The zero-order chi connectivity index (χ0) is 26.7. The number of ether oxygens (including phenoxy) is 1. The summed E-state index contributed by atoms with van der Waals surface area (Å²) in [4.78, 5) is 27.0. The number of unbranched alkanes of at least 4 members (excludes halogenated alkanes) is 2. The van der Waals surface area contributed by atoms with Gasteiger partial charge in [-0.15, -0.1) is 0 Å². The van der Waals surface area contributed by atoms with E-state index < -0.39 is 0 Å². The van der Waals surface area contributed by atoms with E-state index in [1.807, 2.05) is 30.3 Å². The van der Waals surface area contributed by atoms with Gasteiger partial charge in [-0.05, 0) is 68.3 Å². The summed E-state index contributed by atoms with van der Waals surface area (Å²) in [5.41, 5.74) is 2.48. The first-order valence-electron chi connectivity index (χ1n) is 14.0. The standard InChI is InChI=1S/C30H40ClN3O4/c31-25-13-7-6-9-22(25)16-18-32-19-17-28(37)34(24-11-4-1-5-12-24)20-8-2-3-10-23-14-15-26(35)29-30(23)38-21-27(36)33-29/h6-7,9,13-15,24,32,35H,1-5,8,10-12,16-21H2,(H,33,36). The minimum absolute atomic E-state index is 0.0248. The van der Waals surface area contributed by atoms with E-state index in [0.717, 1.165) is 74.2 Å². The van der Waals surface area contributed by atoms with Crippen molar-refractivity contribution in [1.29, 1.82) is 0 Å². The number of aromatic hydroxyl groups is 1. The highest BCUT2D eigenvalue weighted by molar-refractivity contribution is 6.31. The van der Waals surface area contributed by atoms with E-state index in [0.29, 0.717) is 30.4 Å². The van der Waals surface area contributed by atoms with Gasteiger partial charge in [0.25, 0.3) is 5.91 Å². The van der Waals surface area contributed by atoms with Gasteiger partial charge < -0.3 is 25.4 Å². The van der Waals surface area contributed by atoms with Gasteiger partial charge in [-0.25, -0.2) is 0 Å². The lowest BCUT2D eigenvalue weighted by Crippen LogP contribution is -2.43. The van der Waals surface area contributed by atoms with Crippen LogP contribution in [0.25, 0.3) is 0 Å². The van der Waals surface area contributed by atoms with Crippen LogP contribution in [0.1, 0.15) is 68.9 Å². The van der Waals surface area contributed by atoms with Gasteiger partial charge in [0.05, 0.1) is 0 Å². The van der Waals surface area contributed by atoms with Crippen LogP contribution in [0.4, 0.5) is 5.69 Å². The minimum Gasteiger partial charge on any atom is -0.506 e. The molecule has 2 aliphatic rings. The number of phenolic OH excluding ortho intramolecular Hbond substituents is 1. The number of hydrogen-bond donors (Lipinski definition) is 3. The summed E-state index contributed by atoms with van der Waals surface area (Å²) >= 11 is 6.24. The molecule has 38 heavy (non-hydrogen) atoms. The molecule has 0 bridgehead atoms. The molecule has 4 rings (SSSR count). The van der Waals surface area contributed by atoms with Gasteiger partial charge >= 0.3 is 0 Å². The number of rotatable bonds is 13. The molecule has 1 heterocycles. The lowest BCUT2D eigenvalue weighted by molar-refractivity contribution is -0.134. The predicted molar refractivity (Wildman–Crippen MR) is 151 cm³/mol. The normalized spacial score (nSPS) is 15.4. The molecule has 0 aromatic heterocycles. The monoisotopic (exact) mass is 541 g/mol. The second-order valence-corrected chi connectivity index (χ2v) is 10.7. The van der Waals surface area contributed by atoms with Gasteiger partial charge in [-0.3, -0.25) is 9.59 Å². The maximum Gasteiger partial charge on any atom is 0.262 e. The maximum atomic E-state index is 13.2. The molecule has 2 aromatic carbocycles. The molecule has 8 heteroatoms. The fourth-order valence-corrected chi connectivity index (χ4v) is 5.71. The first-order chi connectivity index (χ1) is 18.5. The van der Waals surface area contributed by atoms with Gasteiger partial charge in [0.2, 0.25) is 5.91 Å². The van der Waals surface area contributed by atoms with Crippen LogP contribution in [0.3, 0.4) is 0 Å². The number of halogens is 1. The Morgan fingerprint density at radius 3 is 2.66 bits per heavy atom. The molecule has 3 N–H and O–H groups in total. The molecule has 1 aliphatic heterocycles. The number of amides is 2. The van der Waals surface area contributed by atoms with Crippen molar-refractivity contribution in [3.8, 4) is 11.5 Å². The van der Waals surface area contributed by atoms with Crippen LogP contribution in [0, 0.1) is 0 Å². The van der Waals surface area contributed by atoms with Gasteiger partial charge in [-0.1, -0.05) is 61.5 Å². The van der Waals surface area contributed by atoms with Crippen molar-refractivity contribution in [3.05, 3.63) is 52.5 Å². The number of nitrogens with zero attached hydrogens (tertiary/aromatic N) is 1. The molecule has 206 valence electrons. The van der Waals surface area contributed by atoms with Crippen molar-refractivity contribution in [2.45, 2.75) is 76.7 Å². The molecule has 7 nitrogen and oxygen atoms in total. The number of carbonyl (C=O) groups excluding carboxylic acids is 2. The van der Waals surface area contributed by atoms with Crippen LogP contribution in [0.2, 0.25) is 5.02 Å². The average Bonchev–Trinajstić information content (AvgIpc) is 2.93. The molecule has 0 saturated heterocycles. The number of nitrogens with one attached hydrogen (secondary N) is 2. The Morgan fingerprint density at radius 2 is 1.84 bits per heavy atom. The van der Waals surface area contributed by atoms with Crippen molar-refractivity contribution in [1.82, 2.24) is 10.2 Å². The highest BCUT2D eigenvalue weighted by Crippen LogP contribution is 2.39. The summed E-state index contributed by atoms with van der Waals surface area (Å²) < 4.78 is 5.60. The van der Waals surface area contributed by atoms with Crippen LogP contribution in [0.5, 0.6) is 11.5 Å². The van der Waals surface area contributed by atoms with E-state index >= 15 is 0 Å². The van der Waals surface area contributed by atoms with Crippen LogP contribution < -0.4 is 15.4 Å². The number of carbonyl (C=O) groups is 2. The van der Waals surface area contributed by atoms with E-state index in [4.69, 9.17) is 16.3 Å². The Balaban J connectivity index is 1.21. The van der Waals surface area contributed by atoms with Crippen molar-refractivity contribution in [3.63, 3.8) is 0 Å². The topological polar surface area (TPSA) is 90.9 Å². The Hall–Kier alpha value is -2.77. The lowest BCUT2D eigenvalue weighted by Gasteiger charge is -2.34. The fourth-order valence-electron chi connectivity index (χ4n) is 5.48. The molecule has 1 fully saturated rings. The first-order valence-corrected chi connectivity index (χ1v) is 14.4. The zero-order valence-corrected chi connectivity index (χ0v) is 22.9. The van der Waals surface area contributed by atoms with E-state index in [1.54, 1.807) is 6.07 Å². The number of hydrogen-bond acceptors (Lipinski definition) is 5. The summed E-state index contributed by atoms with van der Waals surface area (Å²) in [7, 11) is 0. The Bertz CT molecular complexity index is 1090. The zero-order valence-electron chi connectivity index (χ0n) is 22.1. The van der Waals surface area contributed by atoms with Gasteiger partial charge in [0.1, 0.15) is 11.4 Å². The first kappa shape index (κ1) is 28.2. The third kappa shape index (κ3) is 7.87. The number of benzene rings is 2. The Labute approximate surface area is 230 Å². The summed E-state index contributed by atoms with van der Waals surface area (Å²) in [6.07, 6.45) is 10.9. The summed E-state index contributed by atoms with van der Waals surface area (Å²) in [6.45, 7) is 2.24. The van der Waals surface area contributed by atoms with E-state index in [-0.39, 0.29) is 24.2 Å². The van der Waals surface area contributed by atoms with Gasteiger partial charge in [-0.2, -0.15) is 0 Å². The molecule has 0 unspecified atom stereocenters. The average molecular weight is 542 g/mol. The molecular weight excluding hydrogens is 502 g/mol. The number of aryl methyl sites for hydroxylation is 1. The second kappa shape index (κ2) is 14.4. The van der Waals surface area contributed by atoms with Crippen LogP contribution in [-0.2, 0) is 22.4 Å². The van der Waals surface area contributed by atoms with Gasteiger partial charge in [0.15, 0.2) is 12.4 Å². The van der Waals surface area contributed by atoms with Crippen molar-refractivity contribution in [2.75, 3.05) is 31.6 Å². The predicted octanol–water partition coefficient (Wildman–Crippen LogP) is 5.47. The summed E-state index contributed by atoms with van der Waals surface area (Å²) in [5.74, 6) is 0.592. The van der Waals surface area contributed by atoms with Crippen molar-refractivity contribution in [2.24, 2.45) is 0 Å². The quantitative estimate of drug-likeness (QED) is 0.231. The van der Waals surface area contributed by atoms with Crippen LogP contribution >= 0.6 is 11.6 Å². The Morgan fingerprint density at radius 1 is 1.03 bits per heavy atom. The van der Waals surface area contributed by atoms with E-state index in [9.17, 15) is 14.7 Å². The SMILES string of the molecule is O=C1COc2c(CCCCCN(C(=O)CCNCCc3ccccc3Cl)C3CCCCC3)ccc(O)c2N1. The molecule has 0 radical (unpaired) electrons. The fraction of sp³-hybridized carbons (Fsp3) is 0.533. The Kier molecular flexibility index (Phi) is 10.7. The minimum atomic E-state index is -0.256. The molecule has 2 aromatic rings. The van der Waals surface area contributed by atoms with E-state index in [2.05, 4.69) is 15.5 Å². The molecule has 0 atom stereocenters. The maximum absolute atomic E-state index is 13.2. The largest absolute Gasteiger partial charge is 0.506 e. The highest BCUT2D eigenvalue weighted by Gasteiger charge is 2.25. The number of anilines is 1. The molecule has 1 aliphatic carbocycles. The van der Waals surface area contributed by atoms with Gasteiger partial charge in [0, 0.05) is 30.6 Å². The highest BCUT2D eigenvalue weighted by atomic mass is 35.5. The number of phenols is 1. The molecular formula is C30H40ClN3O4. The summed E-state index contributed by atoms with van der Waals surface area (Å²) in [6, 6.07) is 11.7.